The molecule has 0 N–H and O–H groups in total. The van der Waals surface area contributed by atoms with Crippen LogP contribution in [0.2, 0.25) is 10.0 Å². The largest absolute Gasteiger partial charge is 0.291 e. The van der Waals surface area contributed by atoms with Crippen molar-refractivity contribution in [2.24, 2.45) is 4.99 Å². The van der Waals surface area contributed by atoms with E-state index in [2.05, 4.69) is 4.99 Å². The number of Topliss-reactive ketones (excluding diaryl/α,β-unsaturated/α-hetero) is 1. The summed E-state index contributed by atoms with van der Waals surface area (Å²) in [6.45, 7) is 0.629. The summed E-state index contributed by atoms with van der Waals surface area (Å²) in [7, 11) is -3.68. The lowest BCUT2D eigenvalue weighted by Gasteiger charge is -2.38. The average molecular weight is 414 g/mol. The highest BCUT2D eigenvalue weighted by Crippen LogP contribution is 2.42. The molecule has 0 fully saturated rings. The van der Waals surface area contributed by atoms with Crippen molar-refractivity contribution in [3.63, 3.8) is 0 Å². The Labute approximate surface area is 161 Å². The van der Waals surface area contributed by atoms with Gasteiger partial charge in [0.15, 0.2) is 5.78 Å². The first-order chi connectivity index (χ1) is 11.8. The molecule has 0 aliphatic carbocycles. The Morgan fingerprint density at radius 2 is 1.52 bits per heavy atom. The number of hydrogen-bond donors (Lipinski definition) is 0. The predicted octanol–water partition coefficient (Wildman–Crippen LogP) is 4.58. The van der Waals surface area contributed by atoms with E-state index >= 15 is 0 Å². The number of ketones is 1. The third kappa shape index (κ3) is 3.70. The first-order valence-corrected chi connectivity index (χ1v) is 11.9. The van der Waals surface area contributed by atoms with E-state index in [-0.39, 0.29) is 11.5 Å². The molecule has 3 nitrogen and oxygen atoms in total. The van der Waals surface area contributed by atoms with Crippen molar-refractivity contribution in [1.29, 1.82) is 0 Å². The van der Waals surface area contributed by atoms with Gasteiger partial charge in [-0.3, -0.25) is 14.0 Å². The minimum absolute atomic E-state index is 0.119. The van der Waals surface area contributed by atoms with E-state index in [1.807, 2.05) is 0 Å². The number of halogens is 2. The minimum Gasteiger partial charge on any atom is -0.291 e. The number of aliphatic imine (C=N–C) groups is 1. The number of rotatable bonds is 5. The topological polar surface area (TPSA) is 46.5 Å². The molecule has 0 saturated heterocycles. The maximum absolute atomic E-state index is 14.4. The summed E-state index contributed by atoms with van der Waals surface area (Å²) in [6.07, 6.45) is 1.65. The van der Waals surface area contributed by atoms with Crippen LogP contribution in [0.5, 0.6) is 0 Å². The second kappa shape index (κ2) is 6.88. The van der Waals surface area contributed by atoms with E-state index in [4.69, 9.17) is 23.2 Å². The fraction of sp³-hybridized carbons (Fsp3) is 0.222. The molecule has 0 bridgehead atoms. The van der Waals surface area contributed by atoms with E-state index in [0.717, 1.165) is 5.75 Å². The first kappa shape index (κ1) is 18.6. The fourth-order valence-electron chi connectivity index (χ4n) is 2.77. The van der Waals surface area contributed by atoms with Gasteiger partial charge in [-0.05, 0) is 57.6 Å². The summed E-state index contributed by atoms with van der Waals surface area (Å²) in [5.74, 6) is 0.484. The fourth-order valence-corrected chi connectivity index (χ4v) is 6.97. The van der Waals surface area contributed by atoms with E-state index < -0.39 is 9.07 Å². The summed E-state index contributed by atoms with van der Waals surface area (Å²) in [6, 6.07) is 13.7. The van der Waals surface area contributed by atoms with Gasteiger partial charge in [-0.1, -0.05) is 23.2 Å². The second-order valence-electron chi connectivity index (χ2n) is 6.05. The van der Waals surface area contributed by atoms with Crippen molar-refractivity contribution >= 4 is 54.9 Å². The van der Waals surface area contributed by atoms with Crippen LogP contribution in [0.25, 0.3) is 0 Å². The van der Waals surface area contributed by atoms with Crippen molar-refractivity contribution in [2.45, 2.75) is 9.79 Å². The van der Waals surface area contributed by atoms with E-state index in [9.17, 15) is 9.00 Å². The monoisotopic (exact) mass is 413 g/mol. The Balaban J connectivity index is 2.13. The van der Waals surface area contributed by atoms with Crippen LogP contribution in [0, 0.1) is 0 Å². The number of carbonyl (C=O) groups excluding carboxylic acids is 1. The first-order valence-electron chi connectivity index (χ1n) is 7.63. The summed E-state index contributed by atoms with van der Waals surface area (Å²) in [4.78, 5) is 18.2. The standard InChI is InChI=1S/C18H17Cl2NO2S2/c1-25(23,15-6-2-13(19)3-7-15,16-8-4-14(20)5-9-16)12-17(22)18-21-10-11-24-18/h2-9H,10-12H2,1H3. The minimum atomic E-state index is -3.68. The maximum Gasteiger partial charge on any atom is 0.198 e. The molecule has 1 aliphatic heterocycles. The lowest BCUT2D eigenvalue weighted by Crippen LogP contribution is -2.41. The van der Waals surface area contributed by atoms with Gasteiger partial charge in [-0.15, -0.1) is 11.8 Å². The van der Waals surface area contributed by atoms with E-state index in [0.29, 0.717) is 31.4 Å². The highest BCUT2D eigenvalue weighted by Gasteiger charge is 2.40. The smallest absolute Gasteiger partial charge is 0.198 e. The lowest BCUT2D eigenvalue weighted by molar-refractivity contribution is -0.110. The van der Waals surface area contributed by atoms with Crippen molar-refractivity contribution in [1.82, 2.24) is 0 Å². The summed E-state index contributed by atoms with van der Waals surface area (Å²) in [5, 5.41) is 1.57. The molecule has 25 heavy (non-hydrogen) atoms. The molecule has 132 valence electrons. The van der Waals surface area contributed by atoms with Crippen LogP contribution in [0.15, 0.2) is 63.3 Å². The lowest BCUT2D eigenvalue weighted by atomic mass is 10.4. The SMILES string of the molecule is CS(=O)(CC(=O)C1=NCCS1)(c1ccc(Cl)cc1)c1ccc(Cl)cc1. The van der Waals surface area contributed by atoms with Crippen LogP contribution in [0.4, 0.5) is 0 Å². The van der Waals surface area contributed by atoms with Crippen LogP contribution in [-0.4, -0.2) is 39.3 Å². The molecule has 1 heterocycles. The van der Waals surface area contributed by atoms with E-state index in [1.165, 1.54) is 11.8 Å². The van der Waals surface area contributed by atoms with Crippen LogP contribution in [0.1, 0.15) is 0 Å². The zero-order valence-electron chi connectivity index (χ0n) is 13.6. The molecule has 0 radical (unpaired) electrons. The summed E-state index contributed by atoms with van der Waals surface area (Å²) >= 11 is 13.4. The van der Waals surface area contributed by atoms with Crippen molar-refractivity contribution in [3.8, 4) is 0 Å². The maximum atomic E-state index is 14.4. The van der Waals surface area contributed by atoms with Crippen LogP contribution < -0.4 is 0 Å². The molecule has 2 aromatic carbocycles. The van der Waals surface area contributed by atoms with Gasteiger partial charge >= 0.3 is 0 Å². The molecule has 0 atom stereocenters. The predicted molar refractivity (Wildman–Crippen MR) is 108 cm³/mol. The summed E-state index contributed by atoms with van der Waals surface area (Å²) in [5.41, 5.74) is 0. The Bertz CT molecular complexity index is 856. The number of carbonyl (C=O) groups is 1. The van der Waals surface area contributed by atoms with Crippen LogP contribution in [-0.2, 0) is 13.9 Å². The van der Waals surface area contributed by atoms with Gasteiger partial charge < -0.3 is 0 Å². The quantitative estimate of drug-likeness (QED) is 0.720. The Hall–Kier alpha value is -1.14. The molecular weight excluding hydrogens is 397 g/mol. The molecule has 0 saturated carbocycles. The zero-order valence-corrected chi connectivity index (χ0v) is 16.7. The highest BCUT2D eigenvalue weighted by atomic mass is 35.5. The number of thioether (sulfide) groups is 1. The van der Waals surface area contributed by atoms with Crippen molar-refractivity contribution in [3.05, 3.63) is 58.6 Å². The third-order valence-electron chi connectivity index (χ3n) is 4.16. The average Bonchev–Trinajstić information content (AvgIpc) is 3.10. The van der Waals surface area contributed by atoms with Crippen molar-refractivity contribution in [2.75, 3.05) is 24.3 Å². The molecule has 0 unspecified atom stereocenters. The van der Waals surface area contributed by atoms with Gasteiger partial charge in [0.1, 0.15) is 5.04 Å². The number of hydrogen-bond acceptors (Lipinski definition) is 4. The highest BCUT2D eigenvalue weighted by molar-refractivity contribution is 8.21. The normalized spacial score (nSPS) is 16.1. The summed E-state index contributed by atoms with van der Waals surface area (Å²) < 4.78 is 14.4. The Morgan fingerprint density at radius 3 is 1.92 bits per heavy atom. The molecular formula is C18H17Cl2NO2S2. The van der Waals surface area contributed by atoms with Gasteiger partial charge in [0.25, 0.3) is 0 Å². The van der Waals surface area contributed by atoms with Gasteiger partial charge in [0, 0.05) is 38.4 Å². The molecule has 0 spiro atoms. The molecule has 2 aromatic rings. The third-order valence-corrected chi connectivity index (χ3v) is 9.65. The molecule has 3 rings (SSSR count). The van der Waals surface area contributed by atoms with E-state index in [1.54, 1.807) is 54.8 Å². The van der Waals surface area contributed by atoms with Gasteiger partial charge in [0.05, 0.1) is 5.75 Å². The molecule has 0 aromatic heterocycles. The Kier molecular flexibility index (Phi) is 5.13. The van der Waals surface area contributed by atoms with Gasteiger partial charge in [-0.2, -0.15) is 0 Å². The molecule has 7 heteroatoms. The number of nitrogens with zero attached hydrogens (tertiary/aromatic N) is 1. The van der Waals surface area contributed by atoms with Crippen LogP contribution in [0.3, 0.4) is 0 Å². The van der Waals surface area contributed by atoms with Gasteiger partial charge in [-0.25, -0.2) is 0 Å². The second-order valence-corrected chi connectivity index (χ2v) is 12.3. The van der Waals surface area contributed by atoms with Crippen LogP contribution >= 0.6 is 35.0 Å². The molecule has 1 aliphatic rings. The molecule has 0 amide bonds. The number of benzene rings is 2. The van der Waals surface area contributed by atoms with Crippen molar-refractivity contribution < 1.29 is 9.00 Å². The zero-order chi connectivity index (χ0) is 18.1. The Morgan fingerprint density at radius 1 is 1.04 bits per heavy atom. The van der Waals surface area contributed by atoms with Gasteiger partial charge in [0.2, 0.25) is 0 Å².